The average molecular weight is 280 g/mol. The lowest BCUT2D eigenvalue weighted by molar-refractivity contribution is 0.249. The van der Waals surface area contributed by atoms with Gasteiger partial charge in [0.1, 0.15) is 0 Å². The molecule has 102 valence electrons. The summed E-state index contributed by atoms with van der Waals surface area (Å²) in [5.74, 6) is 2.47. The minimum atomic E-state index is -3.07. The third-order valence-corrected chi connectivity index (χ3v) is 6.32. The van der Waals surface area contributed by atoms with E-state index >= 15 is 0 Å². The van der Waals surface area contributed by atoms with E-state index in [1.807, 2.05) is 11.8 Å². The predicted octanol–water partition coefficient (Wildman–Crippen LogP) is 0.999. The zero-order chi connectivity index (χ0) is 13.1. The fourth-order valence-corrected chi connectivity index (χ4v) is 4.20. The largest absolute Gasteiger partial charge is 0.312 e. The first-order valence-corrected chi connectivity index (χ1v) is 8.73. The van der Waals surface area contributed by atoms with E-state index in [0.29, 0.717) is 12.6 Å². The standard InChI is InChI=1S/C11H24N2O2S2/c1-11(2)5-7-16-9-10(11)12-6-8-17(14,15)13(3)4/h10,12H,5-9H2,1-4H3. The van der Waals surface area contributed by atoms with Gasteiger partial charge >= 0.3 is 0 Å². The van der Waals surface area contributed by atoms with Gasteiger partial charge in [0.05, 0.1) is 5.75 Å². The molecule has 1 N–H and O–H groups in total. The molecule has 0 spiro atoms. The van der Waals surface area contributed by atoms with E-state index in [0.717, 1.165) is 5.75 Å². The fourth-order valence-electron chi connectivity index (χ4n) is 1.82. The van der Waals surface area contributed by atoms with Crippen molar-refractivity contribution in [3.8, 4) is 0 Å². The lowest BCUT2D eigenvalue weighted by Gasteiger charge is -2.39. The van der Waals surface area contributed by atoms with Crippen LogP contribution in [0.1, 0.15) is 20.3 Å². The summed E-state index contributed by atoms with van der Waals surface area (Å²) in [7, 11) is 0.0859. The van der Waals surface area contributed by atoms with Crippen LogP contribution in [0, 0.1) is 5.41 Å². The third kappa shape index (κ3) is 4.43. The third-order valence-electron chi connectivity index (χ3n) is 3.43. The number of rotatable bonds is 5. The Morgan fingerprint density at radius 2 is 2.06 bits per heavy atom. The van der Waals surface area contributed by atoms with Crippen LogP contribution in [-0.2, 0) is 10.0 Å². The second kappa shape index (κ2) is 5.91. The van der Waals surface area contributed by atoms with Gasteiger partial charge in [-0.25, -0.2) is 12.7 Å². The van der Waals surface area contributed by atoms with Gasteiger partial charge < -0.3 is 5.32 Å². The summed E-state index contributed by atoms with van der Waals surface area (Å²) in [6, 6.07) is 0.415. The van der Waals surface area contributed by atoms with Gasteiger partial charge in [0.2, 0.25) is 10.0 Å². The molecule has 1 unspecified atom stereocenters. The molecule has 0 amide bonds. The monoisotopic (exact) mass is 280 g/mol. The summed E-state index contributed by atoms with van der Waals surface area (Å²) in [5.41, 5.74) is 0.271. The van der Waals surface area contributed by atoms with Crippen molar-refractivity contribution in [1.29, 1.82) is 0 Å². The van der Waals surface area contributed by atoms with Crippen molar-refractivity contribution in [2.24, 2.45) is 5.41 Å². The Hall–Kier alpha value is 0.220. The maximum Gasteiger partial charge on any atom is 0.214 e. The predicted molar refractivity (Wildman–Crippen MR) is 75.0 cm³/mol. The highest BCUT2D eigenvalue weighted by molar-refractivity contribution is 7.99. The Morgan fingerprint density at radius 3 is 2.59 bits per heavy atom. The number of nitrogens with one attached hydrogen (secondary N) is 1. The number of thioether (sulfide) groups is 1. The summed E-state index contributed by atoms with van der Waals surface area (Å²) in [4.78, 5) is 0. The second-order valence-corrected chi connectivity index (χ2v) is 8.87. The fraction of sp³-hybridized carbons (Fsp3) is 1.00. The molecule has 1 rings (SSSR count). The van der Waals surface area contributed by atoms with Crippen LogP contribution in [0.4, 0.5) is 0 Å². The minimum absolute atomic E-state index is 0.178. The van der Waals surface area contributed by atoms with Gasteiger partial charge in [-0.3, -0.25) is 0 Å². The molecule has 0 radical (unpaired) electrons. The molecule has 1 heterocycles. The molecule has 1 saturated heterocycles. The number of nitrogens with zero attached hydrogens (tertiary/aromatic N) is 1. The van der Waals surface area contributed by atoms with Crippen LogP contribution in [0.25, 0.3) is 0 Å². The van der Waals surface area contributed by atoms with Crippen LogP contribution < -0.4 is 5.32 Å². The molecular formula is C11H24N2O2S2. The molecule has 6 heteroatoms. The number of hydrogen-bond donors (Lipinski definition) is 1. The second-order valence-electron chi connectivity index (χ2n) is 5.42. The summed E-state index contributed by atoms with van der Waals surface area (Å²) < 4.78 is 24.5. The summed E-state index contributed by atoms with van der Waals surface area (Å²) >= 11 is 1.95. The van der Waals surface area contributed by atoms with Crippen molar-refractivity contribution >= 4 is 21.8 Å². The molecule has 0 saturated carbocycles. The molecule has 4 nitrogen and oxygen atoms in total. The van der Waals surface area contributed by atoms with E-state index in [1.54, 1.807) is 14.1 Å². The molecule has 0 bridgehead atoms. The zero-order valence-corrected chi connectivity index (χ0v) is 12.8. The Kier molecular flexibility index (Phi) is 5.31. The Labute approximate surface area is 110 Å². The van der Waals surface area contributed by atoms with E-state index in [-0.39, 0.29) is 11.2 Å². The molecule has 1 fully saturated rings. The van der Waals surface area contributed by atoms with Crippen molar-refractivity contribution in [2.75, 3.05) is 37.9 Å². The molecule has 0 aromatic carbocycles. The molecule has 0 aliphatic carbocycles. The first kappa shape index (κ1) is 15.3. The van der Waals surface area contributed by atoms with E-state index < -0.39 is 10.0 Å². The van der Waals surface area contributed by atoms with Gasteiger partial charge in [0.25, 0.3) is 0 Å². The minimum Gasteiger partial charge on any atom is -0.312 e. The van der Waals surface area contributed by atoms with E-state index in [9.17, 15) is 8.42 Å². The number of sulfonamides is 1. The lowest BCUT2D eigenvalue weighted by atomic mass is 9.82. The smallest absolute Gasteiger partial charge is 0.214 e. The van der Waals surface area contributed by atoms with Crippen LogP contribution >= 0.6 is 11.8 Å². The first-order valence-electron chi connectivity index (χ1n) is 5.97. The normalized spacial score (nSPS) is 25.1. The molecule has 0 aromatic heterocycles. The van der Waals surface area contributed by atoms with Crippen LogP contribution in [0.2, 0.25) is 0 Å². The van der Waals surface area contributed by atoms with Gasteiger partial charge in [-0.1, -0.05) is 13.8 Å². The highest BCUT2D eigenvalue weighted by Gasteiger charge is 2.32. The maximum atomic E-state index is 11.6. The van der Waals surface area contributed by atoms with Crippen LogP contribution in [-0.4, -0.2) is 56.7 Å². The van der Waals surface area contributed by atoms with E-state index in [1.165, 1.54) is 16.5 Å². The van der Waals surface area contributed by atoms with Crippen molar-refractivity contribution in [2.45, 2.75) is 26.3 Å². The molecule has 1 aliphatic rings. The zero-order valence-electron chi connectivity index (χ0n) is 11.2. The van der Waals surface area contributed by atoms with Gasteiger partial charge in [-0.2, -0.15) is 11.8 Å². The molecule has 1 aliphatic heterocycles. The van der Waals surface area contributed by atoms with Gasteiger partial charge in [-0.15, -0.1) is 0 Å². The molecule has 0 aromatic rings. The van der Waals surface area contributed by atoms with Gasteiger partial charge in [-0.05, 0) is 17.6 Å². The van der Waals surface area contributed by atoms with E-state index in [2.05, 4.69) is 19.2 Å². The molecule has 17 heavy (non-hydrogen) atoms. The highest BCUT2D eigenvalue weighted by Crippen LogP contribution is 2.33. The van der Waals surface area contributed by atoms with Gasteiger partial charge in [0, 0.05) is 32.4 Å². The van der Waals surface area contributed by atoms with E-state index in [4.69, 9.17) is 0 Å². The van der Waals surface area contributed by atoms with Crippen molar-refractivity contribution in [3.05, 3.63) is 0 Å². The number of hydrogen-bond acceptors (Lipinski definition) is 4. The Morgan fingerprint density at radius 1 is 1.41 bits per heavy atom. The van der Waals surface area contributed by atoms with Crippen LogP contribution in [0.3, 0.4) is 0 Å². The quantitative estimate of drug-likeness (QED) is 0.816. The summed E-state index contributed by atoms with van der Waals surface area (Å²) in [6.45, 7) is 5.05. The SMILES string of the molecule is CN(C)S(=O)(=O)CCNC1CSCCC1(C)C. The van der Waals surface area contributed by atoms with Crippen molar-refractivity contribution in [3.63, 3.8) is 0 Å². The van der Waals surface area contributed by atoms with Crippen LogP contribution in [0.15, 0.2) is 0 Å². The topological polar surface area (TPSA) is 49.4 Å². The summed E-state index contributed by atoms with van der Waals surface area (Å²) in [5, 5.41) is 3.40. The van der Waals surface area contributed by atoms with Crippen LogP contribution in [0.5, 0.6) is 0 Å². The van der Waals surface area contributed by atoms with Crippen molar-refractivity contribution in [1.82, 2.24) is 9.62 Å². The summed E-state index contributed by atoms with van der Waals surface area (Å²) in [6.07, 6.45) is 1.19. The Balaban J connectivity index is 2.41. The lowest BCUT2D eigenvalue weighted by Crippen LogP contribution is -2.48. The van der Waals surface area contributed by atoms with Gasteiger partial charge in [0.15, 0.2) is 0 Å². The maximum absolute atomic E-state index is 11.6. The first-order chi connectivity index (χ1) is 7.76. The molecule has 1 atom stereocenters. The highest BCUT2D eigenvalue weighted by atomic mass is 32.2. The average Bonchev–Trinajstić information content (AvgIpc) is 2.20. The molecular weight excluding hydrogens is 256 g/mol. The van der Waals surface area contributed by atoms with Crippen molar-refractivity contribution < 1.29 is 8.42 Å². The Bertz CT molecular complexity index is 339.